The van der Waals surface area contributed by atoms with Gasteiger partial charge in [-0.15, -0.1) is 0 Å². The van der Waals surface area contributed by atoms with Gasteiger partial charge in [0.2, 0.25) is 5.88 Å². The quantitative estimate of drug-likeness (QED) is 0.823. The number of anilines is 1. The van der Waals surface area contributed by atoms with Gasteiger partial charge < -0.3 is 14.5 Å². The van der Waals surface area contributed by atoms with Gasteiger partial charge in [0, 0.05) is 39.6 Å². The summed E-state index contributed by atoms with van der Waals surface area (Å²) in [5.41, 5.74) is 2.70. The predicted octanol–water partition coefficient (Wildman–Crippen LogP) is 2.82. The van der Waals surface area contributed by atoms with Crippen LogP contribution in [0.1, 0.15) is 22.8 Å². The van der Waals surface area contributed by atoms with E-state index in [0.29, 0.717) is 24.6 Å². The second-order valence-corrected chi connectivity index (χ2v) is 5.51. The number of carbonyl (C=O) groups is 1. The molecule has 0 saturated heterocycles. The van der Waals surface area contributed by atoms with Gasteiger partial charge in [-0.05, 0) is 36.8 Å². The van der Waals surface area contributed by atoms with E-state index in [4.69, 9.17) is 4.74 Å². The topological polar surface area (TPSA) is 45.7 Å². The minimum Gasteiger partial charge on any atom is -0.477 e. The van der Waals surface area contributed by atoms with E-state index in [2.05, 4.69) is 4.98 Å². The standard InChI is InChI=1S/C18H23N3O2/c1-5-23-17-16(7-6-12-19-17)18(22)21(4)13-14-8-10-15(11-9-14)20(2)3/h6-12H,5,13H2,1-4H3. The highest BCUT2D eigenvalue weighted by Gasteiger charge is 2.17. The molecule has 0 spiro atoms. The number of hydrogen-bond acceptors (Lipinski definition) is 4. The first-order chi connectivity index (χ1) is 11.0. The van der Waals surface area contributed by atoms with Crippen LogP contribution >= 0.6 is 0 Å². The van der Waals surface area contributed by atoms with Crippen LogP contribution in [0.2, 0.25) is 0 Å². The Balaban J connectivity index is 2.11. The summed E-state index contributed by atoms with van der Waals surface area (Å²) >= 11 is 0. The molecule has 0 fully saturated rings. The Labute approximate surface area is 137 Å². The number of carbonyl (C=O) groups excluding carboxylic acids is 1. The molecule has 0 aliphatic heterocycles. The molecule has 1 heterocycles. The molecule has 0 atom stereocenters. The second-order valence-electron chi connectivity index (χ2n) is 5.51. The Hall–Kier alpha value is -2.56. The summed E-state index contributed by atoms with van der Waals surface area (Å²) in [6, 6.07) is 11.6. The Morgan fingerprint density at radius 2 is 1.83 bits per heavy atom. The van der Waals surface area contributed by atoms with Crippen molar-refractivity contribution in [2.75, 3.05) is 32.6 Å². The van der Waals surface area contributed by atoms with E-state index in [9.17, 15) is 4.79 Å². The van der Waals surface area contributed by atoms with Crippen LogP contribution in [0.25, 0.3) is 0 Å². The molecule has 2 rings (SSSR count). The zero-order valence-electron chi connectivity index (χ0n) is 14.1. The molecule has 0 bridgehead atoms. The molecular formula is C18H23N3O2. The maximum Gasteiger partial charge on any atom is 0.259 e. The first kappa shape index (κ1) is 16.8. The van der Waals surface area contributed by atoms with Crippen molar-refractivity contribution in [2.24, 2.45) is 0 Å². The van der Waals surface area contributed by atoms with Crippen LogP contribution in [0.15, 0.2) is 42.6 Å². The summed E-state index contributed by atoms with van der Waals surface area (Å²) in [5, 5.41) is 0. The maximum atomic E-state index is 12.6. The van der Waals surface area contributed by atoms with Crippen LogP contribution in [-0.2, 0) is 6.54 Å². The van der Waals surface area contributed by atoms with E-state index in [1.165, 1.54) is 0 Å². The molecule has 0 unspecified atom stereocenters. The van der Waals surface area contributed by atoms with Gasteiger partial charge in [0.05, 0.1) is 6.61 Å². The van der Waals surface area contributed by atoms with Gasteiger partial charge >= 0.3 is 0 Å². The minimum absolute atomic E-state index is 0.0989. The lowest BCUT2D eigenvalue weighted by atomic mass is 10.1. The number of benzene rings is 1. The summed E-state index contributed by atoms with van der Waals surface area (Å²) in [4.78, 5) is 20.5. The number of aromatic nitrogens is 1. The minimum atomic E-state index is -0.0989. The van der Waals surface area contributed by atoms with Crippen LogP contribution in [0.3, 0.4) is 0 Å². The number of rotatable bonds is 6. The van der Waals surface area contributed by atoms with E-state index >= 15 is 0 Å². The van der Waals surface area contributed by atoms with Crippen molar-refractivity contribution >= 4 is 11.6 Å². The van der Waals surface area contributed by atoms with Crippen molar-refractivity contribution in [3.8, 4) is 5.88 Å². The van der Waals surface area contributed by atoms with Crippen LogP contribution in [0, 0.1) is 0 Å². The molecule has 23 heavy (non-hydrogen) atoms. The third-order valence-electron chi connectivity index (χ3n) is 3.50. The smallest absolute Gasteiger partial charge is 0.259 e. The van der Waals surface area contributed by atoms with E-state index in [0.717, 1.165) is 11.3 Å². The van der Waals surface area contributed by atoms with Gasteiger partial charge in [0.1, 0.15) is 5.56 Å². The van der Waals surface area contributed by atoms with Gasteiger partial charge in [-0.2, -0.15) is 0 Å². The summed E-state index contributed by atoms with van der Waals surface area (Å²) in [6.07, 6.45) is 1.63. The van der Waals surface area contributed by atoms with Gasteiger partial charge in [0.25, 0.3) is 5.91 Å². The maximum absolute atomic E-state index is 12.6. The van der Waals surface area contributed by atoms with E-state index < -0.39 is 0 Å². The average Bonchev–Trinajstić information content (AvgIpc) is 2.55. The summed E-state index contributed by atoms with van der Waals surface area (Å²) < 4.78 is 5.44. The molecule has 2 aromatic rings. The molecule has 0 N–H and O–H groups in total. The Kier molecular flexibility index (Phi) is 5.57. The predicted molar refractivity (Wildman–Crippen MR) is 92.0 cm³/mol. The molecule has 0 aliphatic rings. The zero-order valence-corrected chi connectivity index (χ0v) is 14.1. The number of nitrogens with zero attached hydrogens (tertiary/aromatic N) is 3. The van der Waals surface area contributed by atoms with E-state index in [-0.39, 0.29) is 5.91 Å². The van der Waals surface area contributed by atoms with Crippen LogP contribution in [0.4, 0.5) is 5.69 Å². The molecule has 1 amide bonds. The van der Waals surface area contributed by atoms with Crippen LogP contribution in [-0.4, -0.2) is 43.5 Å². The lowest BCUT2D eigenvalue weighted by Crippen LogP contribution is -2.27. The first-order valence-electron chi connectivity index (χ1n) is 7.62. The monoisotopic (exact) mass is 313 g/mol. The molecule has 0 radical (unpaired) electrons. The molecule has 1 aromatic carbocycles. The fraction of sp³-hybridized carbons (Fsp3) is 0.333. The molecular weight excluding hydrogens is 290 g/mol. The summed E-state index contributed by atoms with van der Waals surface area (Å²) in [5.74, 6) is 0.285. The van der Waals surface area contributed by atoms with Crippen molar-refractivity contribution in [1.82, 2.24) is 9.88 Å². The average molecular weight is 313 g/mol. The SMILES string of the molecule is CCOc1ncccc1C(=O)N(C)Cc1ccc(N(C)C)cc1. The lowest BCUT2D eigenvalue weighted by molar-refractivity contribution is 0.0780. The third kappa shape index (κ3) is 4.22. The van der Waals surface area contributed by atoms with Crippen LogP contribution in [0.5, 0.6) is 5.88 Å². The molecule has 0 aliphatic carbocycles. The highest BCUT2D eigenvalue weighted by molar-refractivity contribution is 5.96. The van der Waals surface area contributed by atoms with E-state index in [1.807, 2.05) is 50.2 Å². The Morgan fingerprint density at radius 3 is 2.43 bits per heavy atom. The molecule has 1 aromatic heterocycles. The second kappa shape index (κ2) is 7.63. The largest absolute Gasteiger partial charge is 0.477 e. The van der Waals surface area contributed by atoms with Gasteiger partial charge in [-0.1, -0.05) is 12.1 Å². The Bertz CT molecular complexity index is 654. The number of amides is 1. The zero-order chi connectivity index (χ0) is 16.8. The van der Waals surface area contributed by atoms with Gasteiger partial charge in [-0.3, -0.25) is 4.79 Å². The fourth-order valence-electron chi connectivity index (χ4n) is 2.26. The van der Waals surface area contributed by atoms with Gasteiger partial charge in [-0.25, -0.2) is 4.98 Å². The number of hydrogen-bond donors (Lipinski definition) is 0. The van der Waals surface area contributed by atoms with Crippen molar-refractivity contribution < 1.29 is 9.53 Å². The molecule has 122 valence electrons. The normalized spacial score (nSPS) is 10.3. The van der Waals surface area contributed by atoms with E-state index in [1.54, 1.807) is 30.3 Å². The molecule has 5 nitrogen and oxygen atoms in total. The lowest BCUT2D eigenvalue weighted by Gasteiger charge is -2.19. The fourth-order valence-corrected chi connectivity index (χ4v) is 2.26. The summed E-state index contributed by atoms with van der Waals surface area (Å²) in [6.45, 7) is 2.89. The highest BCUT2D eigenvalue weighted by atomic mass is 16.5. The van der Waals surface area contributed by atoms with Crippen molar-refractivity contribution in [1.29, 1.82) is 0 Å². The third-order valence-corrected chi connectivity index (χ3v) is 3.50. The van der Waals surface area contributed by atoms with Crippen molar-refractivity contribution in [3.63, 3.8) is 0 Å². The van der Waals surface area contributed by atoms with Crippen LogP contribution < -0.4 is 9.64 Å². The highest BCUT2D eigenvalue weighted by Crippen LogP contribution is 2.18. The summed E-state index contributed by atoms with van der Waals surface area (Å²) in [7, 11) is 5.79. The van der Waals surface area contributed by atoms with Gasteiger partial charge in [0.15, 0.2) is 0 Å². The Morgan fingerprint density at radius 1 is 1.13 bits per heavy atom. The van der Waals surface area contributed by atoms with Crippen molar-refractivity contribution in [3.05, 3.63) is 53.7 Å². The molecule has 0 saturated carbocycles. The first-order valence-corrected chi connectivity index (χ1v) is 7.62. The number of ether oxygens (including phenoxy) is 1. The van der Waals surface area contributed by atoms with Crippen molar-refractivity contribution in [2.45, 2.75) is 13.5 Å². The number of pyridine rings is 1. The molecule has 5 heteroatoms.